The van der Waals surface area contributed by atoms with Crippen LogP contribution in [0.4, 0.5) is 14.9 Å². The Hall–Kier alpha value is -1.63. The molecule has 0 aliphatic rings. The van der Waals surface area contributed by atoms with Crippen LogP contribution in [0.5, 0.6) is 0 Å². The van der Waals surface area contributed by atoms with E-state index in [-0.39, 0.29) is 17.6 Å². The van der Waals surface area contributed by atoms with E-state index in [0.717, 1.165) is 0 Å². The lowest BCUT2D eigenvalue weighted by atomic mass is 10.3. The number of carbonyl (C=O) groups excluding carboxylic acids is 2. The van der Waals surface area contributed by atoms with Crippen molar-refractivity contribution in [3.63, 3.8) is 0 Å². The third-order valence-electron chi connectivity index (χ3n) is 1.88. The van der Waals surface area contributed by atoms with Crippen LogP contribution in [-0.4, -0.2) is 25.2 Å². The molecule has 18 heavy (non-hydrogen) atoms. The van der Waals surface area contributed by atoms with E-state index < -0.39 is 17.8 Å². The maximum Gasteiger partial charge on any atom is 0.325 e. The largest absolute Gasteiger partial charge is 0.465 e. The number of esters is 1. The van der Waals surface area contributed by atoms with Crippen molar-refractivity contribution in [2.45, 2.75) is 6.92 Å². The van der Waals surface area contributed by atoms with Gasteiger partial charge in [0.1, 0.15) is 12.4 Å². The molecule has 0 saturated heterocycles. The van der Waals surface area contributed by atoms with Crippen molar-refractivity contribution in [3.05, 3.63) is 28.5 Å². The Balaban J connectivity index is 2.44. The van der Waals surface area contributed by atoms with Gasteiger partial charge in [-0.15, -0.1) is 0 Å². The van der Waals surface area contributed by atoms with Gasteiger partial charge in [-0.2, -0.15) is 0 Å². The molecule has 0 saturated carbocycles. The van der Waals surface area contributed by atoms with E-state index in [1.165, 1.54) is 18.2 Å². The Labute approximate surface area is 112 Å². The molecule has 98 valence electrons. The highest BCUT2D eigenvalue weighted by Gasteiger charge is 2.07. The molecule has 1 aromatic rings. The predicted octanol–water partition coefficient (Wildman–Crippen LogP) is 2.27. The van der Waals surface area contributed by atoms with Gasteiger partial charge in [0.05, 0.1) is 11.1 Å². The van der Waals surface area contributed by atoms with Crippen LogP contribution in [-0.2, 0) is 9.53 Å². The summed E-state index contributed by atoms with van der Waals surface area (Å²) in [5.74, 6) is -0.944. The van der Waals surface area contributed by atoms with Crippen molar-refractivity contribution < 1.29 is 18.7 Å². The van der Waals surface area contributed by atoms with Crippen molar-refractivity contribution in [3.8, 4) is 0 Å². The Bertz CT molecular complexity index is 454. The van der Waals surface area contributed by atoms with Gasteiger partial charge < -0.3 is 15.4 Å². The molecule has 0 spiro atoms. The summed E-state index contributed by atoms with van der Waals surface area (Å²) in [6, 6.07) is 3.47. The summed E-state index contributed by atoms with van der Waals surface area (Å²) in [5.41, 5.74) is 0.407. The molecular formula is C11H12BrFN2O3. The minimum atomic E-state index is -0.568. The van der Waals surface area contributed by atoms with E-state index in [2.05, 4.69) is 31.3 Å². The summed E-state index contributed by atoms with van der Waals surface area (Å²) in [7, 11) is 0. The zero-order valence-corrected chi connectivity index (χ0v) is 11.2. The highest BCUT2D eigenvalue weighted by Crippen LogP contribution is 2.19. The van der Waals surface area contributed by atoms with Crippen LogP contribution >= 0.6 is 15.9 Å². The molecule has 0 aromatic heterocycles. The Kier molecular flexibility index (Phi) is 5.57. The molecular weight excluding hydrogens is 307 g/mol. The fourth-order valence-electron chi connectivity index (χ4n) is 1.11. The average molecular weight is 319 g/mol. The second-order valence-electron chi connectivity index (χ2n) is 3.24. The van der Waals surface area contributed by atoms with Crippen molar-refractivity contribution in [2.24, 2.45) is 0 Å². The van der Waals surface area contributed by atoms with Gasteiger partial charge in [0.15, 0.2) is 0 Å². The third kappa shape index (κ3) is 4.70. The number of carbonyl (C=O) groups is 2. The van der Waals surface area contributed by atoms with Crippen molar-refractivity contribution in [1.82, 2.24) is 5.32 Å². The van der Waals surface area contributed by atoms with Gasteiger partial charge in [0.25, 0.3) is 0 Å². The van der Waals surface area contributed by atoms with Crippen LogP contribution in [0.15, 0.2) is 22.7 Å². The Morgan fingerprint density at radius 1 is 1.44 bits per heavy atom. The molecule has 2 amide bonds. The smallest absolute Gasteiger partial charge is 0.325 e. The molecule has 0 atom stereocenters. The van der Waals surface area contributed by atoms with E-state index in [4.69, 9.17) is 0 Å². The SMILES string of the molecule is CCOC(=O)CNC(=O)Nc1ccc(F)c(Br)c1. The summed E-state index contributed by atoms with van der Waals surface area (Å²) in [5, 5.41) is 4.77. The maximum atomic E-state index is 12.9. The summed E-state index contributed by atoms with van der Waals surface area (Å²) in [6.45, 7) is 1.71. The molecule has 1 rings (SSSR count). The van der Waals surface area contributed by atoms with Crippen molar-refractivity contribution in [1.29, 1.82) is 0 Å². The van der Waals surface area contributed by atoms with Crippen LogP contribution in [0, 0.1) is 5.82 Å². The molecule has 1 aromatic carbocycles. The van der Waals surface area contributed by atoms with Crippen LogP contribution < -0.4 is 10.6 Å². The number of benzene rings is 1. The second-order valence-corrected chi connectivity index (χ2v) is 4.10. The first-order valence-corrected chi connectivity index (χ1v) is 5.97. The fourth-order valence-corrected chi connectivity index (χ4v) is 1.49. The lowest BCUT2D eigenvalue weighted by Crippen LogP contribution is -2.34. The van der Waals surface area contributed by atoms with E-state index >= 15 is 0 Å². The lowest BCUT2D eigenvalue weighted by molar-refractivity contribution is -0.141. The number of anilines is 1. The van der Waals surface area contributed by atoms with Crippen LogP contribution in [0.2, 0.25) is 0 Å². The van der Waals surface area contributed by atoms with Crippen molar-refractivity contribution in [2.75, 3.05) is 18.5 Å². The number of urea groups is 1. The number of nitrogens with one attached hydrogen (secondary N) is 2. The van der Waals surface area contributed by atoms with Gasteiger partial charge in [-0.3, -0.25) is 4.79 Å². The van der Waals surface area contributed by atoms with Crippen LogP contribution in [0.3, 0.4) is 0 Å². The zero-order valence-electron chi connectivity index (χ0n) is 9.63. The highest BCUT2D eigenvalue weighted by molar-refractivity contribution is 9.10. The zero-order chi connectivity index (χ0) is 13.5. The van der Waals surface area contributed by atoms with E-state index in [9.17, 15) is 14.0 Å². The summed E-state index contributed by atoms with van der Waals surface area (Å²) in [4.78, 5) is 22.4. The Morgan fingerprint density at radius 2 is 2.17 bits per heavy atom. The lowest BCUT2D eigenvalue weighted by Gasteiger charge is -2.07. The van der Waals surface area contributed by atoms with Crippen molar-refractivity contribution >= 4 is 33.6 Å². The standard InChI is InChI=1S/C11H12BrFN2O3/c1-2-18-10(16)6-14-11(17)15-7-3-4-9(13)8(12)5-7/h3-5H,2,6H2,1H3,(H2,14,15,17). The maximum absolute atomic E-state index is 12.9. The molecule has 2 N–H and O–H groups in total. The topological polar surface area (TPSA) is 67.4 Å². The molecule has 0 bridgehead atoms. The van der Waals surface area contributed by atoms with Crippen LogP contribution in [0.25, 0.3) is 0 Å². The second kappa shape index (κ2) is 6.95. The molecule has 7 heteroatoms. The molecule has 0 unspecified atom stereocenters. The molecule has 0 aliphatic heterocycles. The number of rotatable bonds is 4. The summed E-state index contributed by atoms with van der Waals surface area (Å²) < 4.78 is 17.8. The van der Waals surface area contributed by atoms with Gasteiger partial charge in [0.2, 0.25) is 0 Å². The van der Waals surface area contributed by atoms with Gasteiger partial charge in [0, 0.05) is 5.69 Å². The first kappa shape index (κ1) is 14.4. The van der Waals surface area contributed by atoms with Gasteiger partial charge >= 0.3 is 12.0 Å². The number of ether oxygens (including phenoxy) is 1. The van der Waals surface area contributed by atoms with Gasteiger partial charge in [-0.1, -0.05) is 0 Å². The first-order chi connectivity index (χ1) is 8.52. The summed E-state index contributed by atoms with van der Waals surface area (Å²) in [6.07, 6.45) is 0. The quantitative estimate of drug-likeness (QED) is 0.837. The van der Waals surface area contributed by atoms with Crippen LogP contribution in [0.1, 0.15) is 6.92 Å². The first-order valence-electron chi connectivity index (χ1n) is 5.18. The number of halogens is 2. The fraction of sp³-hybridized carbons (Fsp3) is 0.273. The van der Waals surface area contributed by atoms with Gasteiger partial charge in [-0.25, -0.2) is 9.18 Å². The molecule has 5 nitrogen and oxygen atoms in total. The third-order valence-corrected chi connectivity index (χ3v) is 2.48. The molecule has 0 heterocycles. The minimum Gasteiger partial charge on any atom is -0.465 e. The molecule has 0 aliphatic carbocycles. The van der Waals surface area contributed by atoms with E-state index in [1.807, 2.05) is 0 Å². The molecule has 0 fully saturated rings. The van der Waals surface area contributed by atoms with E-state index in [0.29, 0.717) is 5.69 Å². The molecule has 0 radical (unpaired) electrons. The average Bonchev–Trinajstić information content (AvgIpc) is 2.32. The highest BCUT2D eigenvalue weighted by atomic mass is 79.9. The van der Waals surface area contributed by atoms with E-state index in [1.54, 1.807) is 6.92 Å². The van der Waals surface area contributed by atoms with Gasteiger partial charge in [-0.05, 0) is 41.1 Å². The monoisotopic (exact) mass is 318 g/mol. The minimum absolute atomic E-state index is 0.220. The predicted molar refractivity (Wildman–Crippen MR) is 67.8 cm³/mol. The number of amides is 2. The normalized spacial score (nSPS) is 9.72. The Morgan fingerprint density at radius 3 is 2.78 bits per heavy atom. The summed E-state index contributed by atoms with van der Waals surface area (Å²) >= 11 is 3.00. The number of hydrogen-bond donors (Lipinski definition) is 2. The number of hydrogen-bond acceptors (Lipinski definition) is 3.